The lowest BCUT2D eigenvalue weighted by Gasteiger charge is -2.10. The Morgan fingerprint density at radius 2 is 2.30 bits per heavy atom. The third-order valence-electron chi connectivity index (χ3n) is 3.29. The van der Waals surface area contributed by atoms with Crippen LogP contribution in [0.3, 0.4) is 0 Å². The summed E-state index contributed by atoms with van der Waals surface area (Å²) < 4.78 is 11.6. The van der Waals surface area contributed by atoms with Gasteiger partial charge < -0.3 is 14.4 Å². The fourth-order valence-corrected chi connectivity index (χ4v) is 2.36. The van der Waals surface area contributed by atoms with Crippen LogP contribution in [0.15, 0.2) is 27.2 Å². The lowest BCUT2D eigenvalue weighted by atomic mass is 10.2. The van der Waals surface area contributed by atoms with Gasteiger partial charge in [0.15, 0.2) is 0 Å². The van der Waals surface area contributed by atoms with E-state index in [4.69, 9.17) is 9.26 Å². The Hall–Kier alpha value is -1.40. The van der Waals surface area contributed by atoms with Crippen molar-refractivity contribution in [1.82, 2.24) is 10.1 Å². The number of phenolic OH excluding ortho intramolecular Hbond substituents is 1. The number of phenols is 1. The minimum Gasteiger partial charge on any atom is -0.507 e. The number of benzene rings is 1. The highest BCUT2D eigenvalue weighted by Crippen LogP contribution is 2.42. The van der Waals surface area contributed by atoms with Crippen molar-refractivity contribution in [2.75, 3.05) is 6.61 Å². The molecule has 0 radical (unpaired) electrons. The lowest BCUT2D eigenvalue weighted by molar-refractivity contribution is 0.0385. The smallest absolute Gasteiger partial charge is 0.258 e. The van der Waals surface area contributed by atoms with Gasteiger partial charge in [0.1, 0.15) is 11.9 Å². The first-order valence-electron chi connectivity index (χ1n) is 6.63. The minimum absolute atomic E-state index is 0.0819. The molecule has 0 bridgehead atoms. The van der Waals surface area contributed by atoms with Gasteiger partial charge in [-0.05, 0) is 59.8 Å². The van der Waals surface area contributed by atoms with Crippen LogP contribution >= 0.6 is 15.9 Å². The van der Waals surface area contributed by atoms with E-state index in [0.717, 1.165) is 12.8 Å². The number of hydrogen-bond donors (Lipinski definition) is 1. The van der Waals surface area contributed by atoms with Gasteiger partial charge in [-0.1, -0.05) is 5.16 Å². The number of aromatic hydroxyl groups is 1. The zero-order valence-electron chi connectivity index (χ0n) is 11.0. The molecule has 1 atom stereocenters. The topological polar surface area (TPSA) is 68.4 Å². The number of nitrogens with zero attached hydrogens (tertiary/aromatic N) is 2. The summed E-state index contributed by atoms with van der Waals surface area (Å²) in [5, 5.41) is 13.7. The van der Waals surface area contributed by atoms with Gasteiger partial charge in [0.25, 0.3) is 5.89 Å². The molecule has 1 aromatic heterocycles. The maximum Gasteiger partial charge on any atom is 0.258 e. The summed E-state index contributed by atoms with van der Waals surface area (Å²) in [4.78, 5) is 4.40. The van der Waals surface area contributed by atoms with E-state index >= 15 is 0 Å². The van der Waals surface area contributed by atoms with E-state index in [0.29, 0.717) is 34.3 Å². The van der Waals surface area contributed by atoms with Crippen molar-refractivity contribution in [3.8, 4) is 17.2 Å². The molecule has 6 heteroatoms. The monoisotopic (exact) mass is 338 g/mol. The molecule has 1 aliphatic carbocycles. The van der Waals surface area contributed by atoms with Crippen LogP contribution in [0.25, 0.3) is 11.5 Å². The third kappa shape index (κ3) is 2.71. The minimum atomic E-state index is -0.0819. The summed E-state index contributed by atoms with van der Waals surface area (Å²) in [6.07, 6.45) is 2.21. The van der Waals surface area contributed by atoms with Crippen molar-refractivity contribution in [2.45, 2.75) is 25.9 Å². The van der Waals surface area contributed by atoms with Crippen LogP contribution < -0.4 is 0 Å². The van der Waals surface area contributed by atoms with Crippen LogP contribution in [0.1, 0.15) is 31.7 Å². The van der Waals surface area contributed by atoms with E-state index in [2.05, 4.69) is 26.1 Å². The molecule has 1 heterocycles. The molecule has 106 valence electrons. The SMILES string of the molecule is CCOC(c1noc(-c2ccc(Br)c(O)c2)n1)C1CC1. The fraction of sp³-hybridized carbons (Fsp3) is 0.429. The van der Waals surface area contributed by atoms with Gasteiger partial charge in [0, 0.05) is 12.2 Å². The van der Waals surface area contributed by atoms with Gasteiger partial charge in [-0.2, -0.15) is 4.98 Å². The molecule has 1 N–H and O–H groups in total. The van der Waals surface area contributed by atoms with Gasteiger partial charge in [0.05, 0.1) is 4.47 Å². The maximum absolute atomic E-state index is 9.70. The van der Waals surface area contributed by atoms with Crippen LogP contribution in [0.5, 0.6) is 5.75 Å². The molecule has 20 heavy (non-hydrogen) atoms. The molecule has 5 nitrogen and oxygen atoms in total. The van der Waals surface area contributed by atoms with E-state index in [1.54, 1.807) is 12.1 Å². The van der Waals surface area contributed by atoms with E-state index in [1.165, 1.54) is 0 Å². The van der Waals surface area contributed by atoms with E-state index in [9.17, 15) is 5.11 Å². The first kappa shape index (κ1) is 13.6. The standard InChI is InChI=1S/C14H15BrN2O3/c1-2-19-12(8-3-4-8)13-16-14(20-17-13)9-5-6-10(15)11(18)7-9/h5-8,12,18H,2-4H2,1H3. The molecule has 0 saturated heterocycles. The van der Waals surface area contributed by atoms with E-state index in [-0.39, 0.29) is 11.9 Å². The van der Waals surface area contributed by atoms with Crippen LogP contribution in [0, 0.1) is 5.92 Å². The Bertz CT molecular complexity index is 610. The number of rotatable bonds is 5. The van der Waals surface area contributed by atoms with Crippen molar-refractivity contribution < 1.29 is 14.4 Å². The molecule has 3 rings (SSSR count). The van der Waals surface area contributed by atoms with Gasteiger partial charge in [0.2, 0.25) is 5.82 Å². The van der Waals surface area contributed by atoms with Crippen molar-refractivity contribution in [2.24, 2.45) is 5.92 Å². The highest BCUT2D eigenvalue weighted by atomic mass is 79.9. The van der Waals surface area contributed by atoms with Crippen molar-refractivity contribution in [3.05, 3.63) is 28.5 Å². The first-order chi connectivity index (χ1) is 9.69. The van der Waals surface area contributed by atoms with Crippen LogP contribution in [0.2, 0.25) is 0 Å². The second kappa shape index (κ2) is 5.54. The van der Waals surface area contributed by atoms with Gasteiger partial charge in [-0.25, -0.2) is 0 Å². The lowest BCUT2D eigenvalue weighted by Crippen LogP contribution is -2.08. The Balaban J connectivity index is 1.86. The number of aromatic nitrogens is 2. The predicted octanol–water partition coefficient (Wildman–Crippen LogP) is 3.69. The summed E-state index contributed by atoms with van der Waals surface area (Å²) in [5.74, 6) is 1.63. The Labute approximate surface area is 125 Å². The summed E-state index contributed by atoms with van der Waals surface area (Å²) in [7, 11) is 0. The summed E-state index contributed by atoms with van der Waals surface area (Å²) >= 11 is 3.24. The van der Waals surface area contributed by atoms with Crippen LogP contribution in [-0.4, -0.2) is 21.9 Å². The molecule has 1 aromatic carbocycles. The Kier molecular flexibility index (Phi) is 3.76. The fourth-order valence-electron chi connectivity index (χ4n) is 2.11. The Morgan fingerprint density at radius 1 is 1.50 bits per heavy atom. The molecule has 1 aliphatic rings. The highest BCUT2D eigenvalue weighted by molar-refractivity contribution is 9.10. The van der Waals surface area contributed by atoms with Crippen LogP contribution in [0.4, 0.5) is 0 Å². The molecule has 1 fully saturated rings. The third-order valence-corrected chi connectivity index (χ3v) is 3.96. The summed E-state index contributed by atoms with van der Waals surface area (Å²) in [5.41, 5.74) is 0.690. The summed E-state index contributed by atoms with van der Waals surface area (Å²) in [6.45, 7) is 2.59. The van der Waals surface area contributed by atoms with Gasteiger partial charge in [-0.15, -0.1) is 0 Å². The highest BCUT2D eigenvalue weighted by Gasteiger charge is 2.36. The molecule has 1 saturated carbocycles. The summed E-state index contributed by atoms with van der Waals surface area (Å²) in [6, 6.07) is 5.15. The van der Waals surface area contributed by atoms with Crippen molar-refractivity contribution in [1.29, 1.82) is 0 Å². The first-order valence-corrected chi connectivity index (χ1v) is 7.42. The zero-order valence-corrected chi connectivity index (χ0v) is 12.6. The number of halogens is 1. The molecule has 2 aromatic rings. The van der Waals surface area contributed by atoms with Crippen LogP contribution in [-0.2, 0) is 4.74 Å². The molecular weight excluding hydrogens is 324 g/mol. The Morgan fingerprint density at radius 3 is 2.95 bits per heavy atom. The maximum atomic E-state index is 9.70. The quantitative estimate of drug-likeness (QED) is 0.900. The second-order valence-electron chi connectivity index (χ2n) is 4.84. The zero-order chi connectivity index (χ0) is 14.1. The van der Waals surface area contributed by atoms with Gasteiger partial charge in [-0.3, -0.25) is 0 Å². The van der Waals surface area contributed by atoms with E-state index < -0.39 is 0 Å². The molecule has 0 spiro atoms. The average Bonchev–Trinajstić information content (AvgIpc) is 3.16. The molecular formula is C14H15BrN2O3. The second-order valence-corrected chi connectivity index (χ2v) is 5.69. The normalized spacial score (nSPS) is 16.3. The van der Waals surface area contributed by atoms with Gasteiger partial charge >= 0.3 is 0 Å². The molecule has 0 aliphatic heterocycles. The van der Waals surface area contributed by atoms with Crippen molar-refractivity contribution >= 4 is 15.9 Å². The predicted molar refractivity (Wildman–Crippen MR) is 76.2 cm³/mol. The number of ether oxygens (including phenoxy) is 1. The number of hydrogen-bond acceptors (Lipinski definition) is 5. The van der Waals surface area contributed by atoms with Crippen molar-refractivity contribution in [3.63, 3.8) is 0 Å². The van der Waals surface area contributed by atoms with E-state index in [1.807, 2.05) is 13.0 Å². The average molecular weight is 339 g/mol. The molecule has 0 amide bonds. The molecule has 1 unspecified atom stereocenters. The largest absolute Gasteiger partial charge is 0.507 e.